The molecule has 0 spiro atoms. The van der Waals surface area contributed by atoms with E-state index in [4.69, 9.17) is 4.74 Å². The number of aromatic nitrogens is 2. The number of ether oxygens (including phenoxy) is 1. The third-order valence-corrected chi connectivity index (χ3v) is 3.51. The highest BCUT2D eigenvalue weighted by Gasteiger charge is 2.23. The second kappa shape index (κ2) is 5.12. The number of benzene rings is 1. The summed E-state index contributed by atoms with van der Waals surface area (Å²) in [6.07, 6.45) is 1.54. The number of carbonyl (C=O) groups is 1. The molecular formula is C15H18N4O2. The Balaban J connectivity index is 1.74. The fourth-order valence-corrected chi connectivity index (χ4v) is 2.34. The Bertz CT molecular complexity index is 693. The largest absolute Gasteiger partial charge is 0.479 e. The summed E-state index contributed by atoms with van der Waals surface area (Å²) in [5.74, 6) is 0.577. The molecule has 0 fully saturated rings. The summed E-state index contributed by atoms with van der Waals surface area (Å²) in [5, 5.41) is 10.5. The molecule has 0 radical (unpaired) electrons. The maximum Gasteiger partial charge on any atom is 0.265 e. The van der Waals surface area contributed by atoms with Crippen LogP contribution in [0, 0.1) is 6.92 Å². The van der Waals surface area contributed by atoms with Gasteiger partial charge in [-0.3, -0.25) is 9.48 Å². The van der Waals surface area contributed by atoms with Gasteiger partial charge in [-0.25, -0.2) is 0 Å². The number of anilines is 2. The summed E-state index contributed by atoms with van der Waals surface area (Å²) in [5.41, 5.74) is 3.78. The van der Waals surface area contributed by atoms with Crippen molar-refractivity contribution >= 4 is 17.3 Å². The number of rotatable bonds is 3. The van der Waals surface area contributed by atoms with E-state index in [1.807, 2.05) is 38.4 Å². The fraction of sp³-hybridized carbons (Fsp3) is 0.333. The van der Waals surface area contributed by atoms with E-state index < -0.39 is 6.10 Å². The van der Waals surface area contributed by atoms with Gasteiger partial charge in [0.1, 0.15) is 5.75 Å². The predicted molar refractivity (Wildman–Crippen MR) is 80.4 cm³/mol. The van der Waals surface area contributed by atoms with Gasteiger partial charge in [0.25, 0.3) is 5.91 Å². The standard InChI is InChI=1S/C15H18N4O2/c1-9-11(8-19(3)18-9)7-16-12-4-5-14-13(6-12)17-15(20)10(2)21-14/h4-6,8,10,16H,7H2,1-3H3,(H,17,20). The molecule has 1 unspecified atom stereocenters. The van der Waals surface area contributed by atoms with E-state index in [0.717, 1.165) is 16.9 Å². The van der Waals surface area contributed by atoms with Crippen LogP contribution >= 0.6 is 0 Å². The van der Waals surface area contributed by atoms with E-state index >= 15 is 0 Å². The molecule has 6 nitrogen and oxygen atoms in total. The van der Waals surface area contributed by atoms with Crippen LogP contribution in [-0.2, 0) is 18.4 Å². The van der Waals surface area contributed by atoms with Gasteiger partial charge in [0, 0.05) is 31.0 Å². The molecule has 0 saturated carbocycles. The minimum atomic E-state index is -0.450. The first kappa shape index (κ1) is 13.5. The number of hydrogen-bond acceptors (Lipinski definition) is 4. The normalized spacial score (nSPS) is 16.9. The summed E-state index contributed by atoms with van der Waals surface area (Å²) >= 11 is 0. The molecule has 1 atom stereocenters. The number of fused-ring (bicyclic) bond motifs is 1. The van der Waals surface area contributed by atoms with Gasteiger partial charge in [-0.2, -0.15) is 5.10 Å². The lowest BCUT2D eigenvalue weighted by Gasteiger charge is -2.23. The molecule has 6 heteroatoms. The van der Waals surface area contributed by atoms with Crippen LogP contribution in [0.1, 0.15) is 18.2 Å². The zero-order valence-electron chi connectivity index (χ0n) is 12.3. The molecule has 1 aromatic heterocycles. The van der Waals surface area contributed by atoms with Crippen LogP contribution in [0.5, 0.6) is 5.75 Å². The Kier molecular flexibility index (Phi) is 3.29. The van der Waals surface area contributed by atoms with Crippen molar-refractivity contribution in [3.05, 3.63) is 35.7 Å². The lowest BCUT2D eigenvalue weighted by molar-refractivity contribution is -0.122. The minimum Gasteiger partial charge on any atom is -0.479 e. The van der Waals surface area contributed by atoms with E-state index in [9.17, 15) is 4.79 Å². The van der Waals surface area contributed by atoms with E-state index in [-0.39, 0.29) is 5.91 Å². The molecule has 1 amide bonds. The smallest absolute Gasteiger partial charge is 0.265 e. The SMILES string of the molecule is Cc1nn(C)cc1CNc1ccc2c(c1)NC(=O)C(C)O2. The predicted octanol–water partition coefficient (Wildman–Crippen LogP) is 2.06. The molecule has 0 aliphatic carbocycles. The van der Waals surface area contributed by atoms with Gasteiger partial charge >= 0.3 is 0 Å². The van der Waals surface area contributed by atoms with Crippen LogP contribution in [0.3, 0.4) is 0 Å². The molecule has 1 aromatic carbocycles. The van der Waals surface area contributed by atoms with Crippen molar-refractivity contribution in [2.75, 3.05) is 10.6 Å². The van der Waals surface area contributed by atoms with Crippen molar-refractivity contribution in [2.24, 2.45) is 7.05 Å². The molecule has 1 aliphatic heterocycles. The van der Waals surface area contributed by atoms with Gasteiger partial charge in [-0.05, 0) is 32.0 Å². The third kappa shape index (κ3) is 2.69. The molecule has 1 aliphatic rings. The zero-order valence-corrected chi connectivity index (χ0v) is 12.3. The molecule has 0 bridgehead atoms. The molecule has 2 aromatic rings. The maximum atomic E-state index is 11.6. The number of carbonyl (C=O) groups excluding carboxylic acids is 1. The number of aryl methyl sites for hydroxylation is 2. The Morgan fingerprint density at radius 3 is 3.00 bits per heavy atom. The number of hydrogen-bond donors (Lipinski definition) is 2. The number of nitrogens with one attached hydrogen (secondary N) is 2. The van der Waals surface area contributed by atoms with Gasteiger partial charge in [-0.1, -0.05) is 0 Å². The van der Waals surface area contributed by atoms with Crippen LogP contribution < -0.4 is 15.4 Å². The monoisotopic (exact) mass is 286 g/mol. The second-order valence-corrected chi connectivity index (χ2v) is 5.23. The minimum absolute atomic E-state index is 0.122. The van der Waals surface area contributed by atoms with Crippen LogP contribution in [0.2, 0.25) is 0 Å². The summed E-state index contributed by atoms with van der Waals surface area (Å²) in [7, 11) is 1.91. The lowest BCUT2D eigenvalue weighted by atomic mass is 10.2. The fourth-order valence-electron chi connectivity index (χ4n) is 2.34. The molecule has 110 valence electrons. The van der Waals surface area contributed by atoms with E-state index in [0.29, 0.717) is 18.0 Å². The van der Waals surface area contributed by atoms with E-state index in [1.165, 1.54) is 0 Å². The van der Waals surface area contributed by atoms with Gasteiger partial charge in [-0.15, -0.1) is 0 Å². The number of nitrogens with zero attached hydrogens (tertiary/aromatic N) is 2. The first-order chi connectivity index (χ1) is 10.0. The third-order valence-electron chi connectivity index (χ3n) is 3.51. The quantitative estimate of drug-likeness (QED) is 0.906. The van der Waals surface area contributed by atoms with Gasteiger partial charge < -0.3 is 15.4 Å². The first-order valence-electron chi connectivity index (χ1n) is 6.87. The average Bonchev–Trinajstić information content (AvgIpc) is 2.76. The van der Waals surface area contributed by atoms with Crippen molar-refractivity contribution in [3.63, 3.8) is 0 Å². The zero-order chi connectivity index (χ0) is 15.0. The summed E-state index contributed by atoms with van der Waals surface area (Å²) in [6, 6.07) is 5.68. The van der Waals surface area contributed by atoms with Crippen LogP contribution in [0.25, 0.3) is 0 Å². The molecule has 2 N–H and O–H groups in total. The highest BCUT2D eigenvalue weighted by atomic mass is 16.5. The van der Waals surface area contributed by atoms with Crippen LogP contribution in [0.15, 0.2) is 24.4 Å². The van der Waals surface area contributed by atoms with Gasteiger partial charge in [0.15, 0.2) is 6.10 Å². The van der Waals surface area contributed by atoms with Gasteiger partial charge in [0.2, 0.25) is 0 Å². The highest BCUT2D eigenvalue weighted by Crippen LogP contribution is 2.32. The lowest BCUT2D eigenvalue weighted by Crippen LogP contribution is -2.34. The van der Waals surface area contributed by atoms with Crippen molar-refractivity contribution < 1.29 is 9.53 Å². The summed E-state index contributed by atoms with van der Waals surface area (Å²) in [6.45, 7) is 4.40. The topological polar surface area (TPSA) is 68.2 Å². The Morgan fingerprint density at radius 1 is 1.48 bits per heavy atom. The van der Waals surface area contributed by atoms with Crippen molar-refractivity contribution in [1.29, 1.82) is 0 Å². The van der Waals surface area contributed by atoms with E-state index in [1.54, 1.807) is 11.6 Å². The highest BCUT2D eigenvalue weighted by molar-refractivity contribution is 5.98. The molecule has 3 rings (SSSR count). The van der Waals surface area contributed by atoms with E-state index in [2.05, 4.69) is 15.7 Å². The number of amides is 1. The molecule has 0 saturated heterocycles. The Labute approximate surface area is 123 Å². The molecule has 2 heterocycles. The summed E-state index contributed by atoms with van der Waals surface area (Å²) < 4.78 is 7.33. The van der Waals surface area contributed by atoms with Crippen molar-refractivity contribution in [3.8, 4) is 5.75 Å². The second-order valence-electron chi connectivity index (χ2n) is 5.23. The van der Waals surface area contributed by atoms with Crippen molar-refractivity contribution in [1.82, 2.24) is 9.78 Å². The van der Waals surface area contributed by atoms with Crippen LogP contribution in [0.4, 0.5) is 11.4 Å². The Morgan fingerprint density at radius 2 is 2.29 bits per heavy atom. The van der Waals surface area contributed by atoms with Crippen molar-refractivity contribution in [2.45, 2.75) is 26.5 Å². The Hall–Kier alpha value is -2.50. The molecule has 21 heavy (non-hydrogen) atoms. The average molecular weight is 286 g/mol. The molecular weight excluding hydrogens is 268 g/mol. The maximum absolute atomic E-state index is 11.6. The van der Waals surface area contributed by atoms with Gasteiger partial charge in [0.05, 0.1) is 11.4 Å². The van der Waals surface area contributed by atoms with Crippen LogP contribution in [-0.4, -0.2) is 21.8 Å². The summed E-state index contributed by atoms with van der Waals surface area (Å²) in [4.78, 5) is 11.6. The first-order valence-corrected chi connectivity index (χ1v) is 6.87.